The molecular weight excluding hydrogens is 456 g/mol. The topological polar surface area (TPSA) is 82.8 Å². The molecule has 3 aromatic carbocycles. The van der Waals surface area contributed by atoms with Crippen molar-refractivity contribution in [2.75, 3.05) is 13.2 Å². The molecule has 0 aliphatic carbocycles. The van der Waals surface area contributed by atoms with Crippen LogP contribution in [0.1, 0.15) is 45.9 Å². The smallest absolute Gasteiger partial charge is 0.251 e. The summed E-state index contributed by atoms with van der Waals surface area (Å²) in [6.45, 7) is 7.22. The third-order valence-corrected chi connectivity index (χ3v) is 6.10. The normalized spacial score (nSPS) is 13.2. The van der Waals surface area contributed by atoms with Gasteiger partial charge in [0, 0.05) is 11.1 Å². The molecule has 1 aliphatic rings. The molecule has 2 heterocycles. The van der Waals surface area contributed by atoms with Crippen molar-refractivity contribution in [2.45, 2.75) is 33.4 Å². The first-order valence-corrected chi connectivity index (χ1v) is 11.9. The molecule has 36 heavy (non-hydrogen) atoms. The second-order valence-corrected chi connectivity index (χ2v) is 8.80. The Morgan fingerprint density at radius 1 is 0.972 bits per heavy atom. The number of hydrogen-bond acceptors (Lipinski definition) is 6. The maximum absolute atomic E-state index is 12.8. The summed E-state index contributed by atoms with van der Waals surface area (Å²) in [6, 6.07) is 20.6. The summed E-state index contributed by atoms with van der Waals surface area (Å²) < 4.78 is 22.9. The van der Waals surface area contributed by atoms with Gasteiger partial charge in [0.25, 0.3) is 5.91 Å². The number of hydrogen-bond donors (Lipinski definition) is 1. The number of aromatic nitrogens is 1. The fraction of sp³-hybridized carbons (Fsp3) is 0.241. The van der Waals surface area contributed by atoms with E-state index in [1.54, 1.807) is 12.1 Å². The third-order valence-electron chi connectivity index (χ3n) is 6.10. The lowest BCUT2D eigenvalue weighted by atomic mass is 10.1. The fourth-order valence-electron chi connectivity index (χ4n) is 3.93. The van der Waals surface area contributed by atoms with Crippen LogP contribution in [0.25, 0.3) is 11.5 Å². The van der Waals surface area contributed by atoms with E-state index in [2.05, 4.69) is 10.3 Å². The summed E-state index contributed by atoms with van der Waals surface area (Å²) in [7, 11) is 0. The molecule has 184 valence electrons. The number of aryl methyl sites for hydroxylation is 2. The van der Waals surface area contributed by atoms with E-state index in [1.165, 1.54) is 5.56 Å². The maximum Gasteiger partial charge on any atom is 0.251 e. The molecule has 0 saturated heterocycles. The number of nitrogens with zero attached hydrogens (tertiary/aromatic N) is 1. The van der Waals surface area contributed by atoms with Gasteiger partial charge in [0.2, 0.25) is 5.89 Å². The van der Waals surface area contributed by atoms with E-state index >= 15 is 0 Å². The van der Waals surface area contributed by atoms with Crippen molar-refractivity contribution in [1.82, 2.24) is 10.3 Å². The van der Waals surface area contributed by atoms with Crippen LogP contribution in [-0.4, -0.2) is 24.1 Å². The molecule has 4 aromatic rings. The first-order chi connectivity index (χ1) is 17.5. The molecule has 0 bridgehead atoms. The second kappa shape index (κ2) is 10.2. The largest absolute Gasteiger partial charge is 0.487 e. The Labute approximate surface area is 210 Å². The number of benzene rings is 3. The monoisotopic (exact) mass is 484 g/mol. The van der Waals surface area contributed by atoms with Crippen LogP contribution >= 0.6 is 0 Å². The summed E-state index contributed by atoms with van der Waals surface area (Å²) in [5.41, 5.74) is 4.20. The zero-order chi connectivity index (χ0) is 25.1. The van der Waals surface area contributed by atoms with Crippen LogP contribution in [0.3, 0.4) is 0 Å². The van der Waals surface area contributed by atoms with E-state index in [1.807, 2.05) is 75.4 Å². The number of ether oxygens (including phenoxy) is 3. The predicted octanol–water partition coefficient (Wildman–Crippen LogP) is 5.80. The Kier molecular flexibility index (Phi) is 6.62. The van der Waals surface area contributed by atoms with Crippen LogP contribution in [0, 0.1) is 13.8 Å². The van der Waals surface area contributed by atoms with Crippen LogP contribution in [0.5, 0.6) is 17.2 Å². The summed E-state index contributed by atoms with van der Waals surface area (Å²) >= 11 is 0. The number of rotatable bonds is 7. The minimum absolute atomic E-state index is 0.167. The average molecular weight is 485 g/mol. The van der Waals surface area contributed by atoms with E-state index in [0.717, 1.165) is 28.3 Å². The maximum atomic E-state index is 12.8. The highest BCUT2D eigenvalue weighted by Crippen LogP contribution is 2.32. The van der Waals surface area contributed by atoms with Crippen molar-refractivity contribution in [3.63, 3.8) is 0 Å². The molecule has 1 aromatic heterocycles. The molecule has 0 fully saturated rings. The zero-order valence-corrected chi connectivity index (χ0v) is 20.5. The van der Waals surface area contributed by atoms with E-state index in [9.17, 15) is 4.79 Å². The van der Waals surface area contributed by atoms with Gasteiger partial charge in [-0.1, -0.05) is 23.8 Å². The lowest BCUT2D eigenvalue weighted by Gasteiger charge is -2.21. The fourth-order valence-corrected chi connectivity index (χ4v) is 3.93. The third kappa shape index (κ3) is 5.20. The van der Waals surface area contributed by atoms with Crippen molar-refractivity contribution in [3.05, 3.63) is 94.9 Å². The minimum atomic E-state index is -0.196. The lowest BCUT2D eigenvalue weighted by Crippen LogP contribution is -2.26. The number of amides is 1. The molecule has 7 nitrogen and oxygen atoms in total. The summed E-state index contributed by atoms with van der Waals surface area (Å²) in [6.07, 6.45) is 0. The molecule has 7 heteroatoms. The van der Waals surface area contributed by atoms with Gasteiger partial charge in [0.05, 0.1) is 6.04 Å². The number of fused-ring (bicyclic) bond motifs is 1. The quantitative estimate of drug-likeness (QED) is 0.357. The number of nitrogens with one attached hydrogen (secondary N) is 1. The zero-order valence-electron chi connectivity index (χ0n) is 20.5. The molecule has 1 atom stereocenters. The molecule has 5 rings (SSSR count). The van der Waals surface area contributed by atoms with Gasteiger partial charge in [-0.2, -0.15) is 0 Å². The Balaban J connectivity index is 1.22. The number of oxazole rings is 1. The van der Waals surface area contributed by atoms with E-state index < -0.39 is 0 Å². The van der Waals surface area contributed by atoms with Gasteiger partial charge >= 0.3 is 0 Å². The van der Waals surface area contributed by atoms with Gasteiger partial charge in [0.1, 0.15) is 37.0 Å². The first kappa shape index (κ1) is 23.5. The Bertz CT molecular complexity index is 1360. The molecular formula is C29H28N2O5. The van der Waals surface area contributed by atoms with Gasteiger partial charge in [-0.3, -0.25) is 4.79 Å². The molecule has 1 amide bonds. The molecule has 1 N–H and O–H groups in total. The lowest BCUT2D eigenvalue weighted by molar-refractivity contribution is 0.0939. The summed E-state index contributed by atoms with van der Waals surface area (Å²) in [4.78, 5) is 17.4. The van der Waals surface area contributed by atoms with Crippen molar-refractivity contribution in [1.29, 1.82) is 0 Å². The molecule has 0 radical (unpaired) electrons. The van der Waals surface area contributed by atoms with Gasteiger partial charge < -0.3 is 23.9 Å². The van der Waals surface area contributed by atoms with Crippen LogP contribution in [-0.2, 0) is 6.61 Å². The van der Waals surface area contributed by atoms with Crippen LogP contribution in [0.15, 0.2) is 71.1 Å². The predicted molar refractivity (Wildman–Crippen MR) is 136 cm³/mol. The van der Waals surface area contributed by atoms with Gasteiger partial charge in [-0.15, -0.1) is 0 Å². The minimum Gasteiger partial charge on any atom is -0.487 e. The summed E-state index contributed by atoms with van der Waals surface area (Å²) in [5.74, 6) is 3.24. The molecule has 1 aliphatic heterocycles. The Morgan fingerprint density at radius 3 is 2.44 bits per heavy atom. The Hall–Kier alpha value is -4.26. The molecule has 0 spiro atoms. The van der Waals surface area contributed by atoms with Gasteiger partial charge in [-0.25, -0.2) is 4.98 Å². The van der Waals surface area contributed by atoms with Crippen molar-refractivity contribution < 1.29 is 23.4 Å². The van der Waals surface area contributed by atoms with Crippen LogP contribution in [0.4, 0.5) is 0 Å². The summed E-state index contributed by atoms with van der Waals surface area (Å²) in [5, 5.41) is 3.04. The number of carbonyl (C=O) groups excluding carboxylic acids is 1. The van der Waals surface area contributed by atoms with Crippen molar-refractivity contribution in [3.8, 4) is 28.7 Å². The van der Waals surface area contributed by atoms with E-state index in [-0.39, 0.29) is 11.9 Å². The Morgan fingerprint density at radius 2 is 1.69 bits per heavy atom. The number of carbonyl (C=O) groups is 1. The van der Waals surface area contributed by atoms with Crippen LogP contribution in [0.2, 0.25) is 0 Å². The standard InChI is InChI=1S/C29H28N2O5/c1-18-4-11-24(12-5-18)35-17-25-20(3)36-29(31-25)22-8-6-21(7-9-22)28(32)30-19(2)23-10-13-26-27(16-23)34-15-14-33-26/h4-13,16,19H,14-15,17H2,1-3H3,(H,30,32). The SMILES string of the molecule is Cc1ccc(OCc2nc(-c3ccc(C(=O)NC(C)c4ccc5c(c4)OCCO5)cc3)oc2C)cc1. The van der Waals surface area contributed by atoms with Crippen molar-refractivity contribution >= 4 is 5.91 Å². The molecule has 0 saturated carbocycles. The van der Waals surface area contributed by atoms with Gasteiger partial charge in [-0.05, 0) is 74.9 Å². The molecule has 1 unspecified atom stereocenters. The average Bonchev–Trinajstić information content (AvgIpc) is 3.28. The van der Waals surface area contributed by atoms with Crippen LogP contribution < -0.4 is 19.5 Å². The van der Waals surface area contributed by atoms with E-state index in [0.29, 0.717) is 42.8 Å². The van der Waals surface area contributed by atoms with Crippen molar-refractivity contribution in [2.24, 2.45) is 0 Å². The van der Waals surface area contributed by atoms with Gasteiger partial charge in [0.15, 0.2) is 11.5 Å². The highest BCUT2D eigenvalue weighted by Gasteiger charge is 2.17. The first-order valence-electron chi connectivity index (χ1n) is 11.9. The highest BCUT2D eigenvalue weighted by atomic mass is 16.6. The second-order valence-electron chi connectivity index (χ2n) is 8.80. The van der Waals surface area contributed by atoms with E-state index in [4.69, 9.17) is 18.6 Å². The highest BCUT2D eigenvalue weighted by molar-refractivity contribution is 5.94.